The molecule has 2 bridgehead atoms. The van der Waals surface area contributed by atoms with Crippen LogP contribution in [0.2, 0.25) is 5.54 Å². The lowest BCUT2D eigenvalue weighted by molar-refractivity contribution is 0.376. The molecule has 4 atom stereocenters. The van der Waals surface area contributed by atoms with Gasteiger partial charge < -0.3 is 4.80 Å². The zero-order valence-corrected chi connectivity index (χ0v) is 8.28. The Morgan fingerprint density at radius 2 is 2.18 bits per heavy atom. The van der Waals surface area contributed by atoms with Gasteiger partial charge >= 0.3 is 0 Å². The molecule has 4 unspecified atom stereocenters. The van der Waals surface area contributed by atoms with Gasteiger partial charge in [-0.1, -0.05) is 6.08 Å². The molecule has 0 radical (unpaired) electrons. The first kappa shape index (κ1) is 7.56. The normalized spacial score (nSPS) is 49.2. The average Bonchev–Trinajstić information content (AvgIpc) is 2.60. The van der Waals surface area contributed by atoms with Crippen LogP contribution in [0.3, 0.4) is 0 Å². The summed E-state index contributed by atoms with van der Waals surface area (Å²) in [6, 6.07) is 0. The quantitative estimate of drug-likeness (QED) is 0.483. The zero-order chi connectivity index (χ0) is 7.84. The van der Waals surface area contributed by atoms with Gasteiger partial charge in [-0.05, 0) is 42.6 Å². The van der Waals surface area contributed by atoms with Crippen molar-refractivity contribution in [3.63, 3.8) is 0 Å². The Hall–Kier alpha value is -0.0831. The summed E-state index contributed by atoms with van der Waals surface area (Å²) < 4.78 is 0. The number of rotatable bonds is 2. The van der Waals surface area contributed by atoms with Crippen LogP contribution in [0, 0.1) is 17.8 Å². The molecule has 0 spiro atoms. The van der Waals surface area contributed by atoms with E-state index in [1.165, 1.54) is 19.3 Å². The van der Waals surface area contributed by atoms with Crippen LogP contribution in [0.4, 0.5) is 0 Å². The van der Waals surface area contributed by atoms with Gasteiger partial charge in [0.1, 0.15) is 0 Å². The monoisotopic (exact) mass is 168 g/mol. The van der Waals surface area contributed by atoms with Crippen LogP contribution in [-0.2, 0) is 0 Å². The van der Waals surface area contributed by atoms with Gasteiger partial charge in [0.05, 0.1) is 0 Å². The number of hydrogen-bond donors (Lipinski definition) is 1. The van der Waals surface area contributed by atoms with Crippen molar-refractivity contribution >= 4 is 9.76 Å². The zero-order valence-electron chi connectivity index (χ0n) is 6.87. The van der Waals surface area contributed by atoms with Gasteiger partial charge in [-0.2, -0.15) is 0 Å². The average molecular weight is 168 g/mol. The van der Waals surface area contributed by atoms with E-state index in [2.05, 4.69) is 12.7 Å². The lowest BCUT2D eigenvalue weighted by Gasteiger charge is -2.25. The van der Waals surface area contributed by atoms with Gasteiger partial charge in [-0.15, -0.1) is 6.58 Å². The molecule has 0 amide bonds. The molecule has 0 aromatic heterocycles. The molecule has 2 rings (SSSR count). The minimum absolute atomic E-state index is 0.726. The molecule has 0 heterocycles. The van der Waals surface area contributed by atoms with E-state index in [0.717, 1.165) is 23.3 Å². The molecule has 2 aliphatic carbocycles. The highest BCUT2D eigenvalue weighted by Crippen LogP contribution is 2.54. The fourth-order valence-electron chi connectivity index (χ4n) is 3.03. The molecule has 62 valence electrons. The van der Waals surface area contributed by atoms with E-state index in [9.17, 15) is 4.80 Å². The lowest BCUT2D eigenvalue weighted by atomic mass is 9.88. The Labute approximate surface area is 70.4 Å². The Balaban J connectivity index is 2.07. The van der Waals surface area contributed by atoms with Crippen LogP contribution < -0.4 is 0 Å². The van der Waals surface area contributed by atoms with Crippen molar-refractivity contribution in [3.8, 4) is 0 Å². The van der Waals surface area contributed by atoms with Crippen LogP contribution in [0.25, 0.3) is 0 Å². The maximum Gasteiger partial charge on any atom is 0.160 e. The molecule has 0 aromatic rings. The highest BCUT2D eigenvalue weighted by Gasteiger charge is 2.44. The Morgan fingerprint density at radius 3 is 2.73 bits per heavy atom. The third-order valence-corrected chi connectivity index (χ3v) is 4.95. The molecule has 2 fully saturated rings. The summed E-state index contributed by atoms with van der Waals surface area (Å²) in [6.07, 6.45) is 6.19. The summed E-state index contributed by atoms with van der Waals surface area (Å²) in [5, 5.41) is 0. The fourth-order valence-corrected chi connectivity index (χ4v) is 4.47. The van der Waals surface area contributed by atoms with Gasteiger partial charge in [0.25, 0.3) is 0 Å². The molecule has 0 saturated heterocycles. The molecular formula is C9H16OSi. The summed E-state index contributed by atoms with van der Waals surface area (Å²) in [7, 11) is -0.726. The van der Waals surface area contributed by atoms with Crippen molar-refractivity contribution in [3.05, 3.63) is 12.7 Å². The Bertz CT molecular complexity index is 169. The van der Waals surface area contributed by atoms with Gasteiger partial charge in [-0.3, -0.25) is 0 Å². The molecule has 1 nitrogen and oxygen atoms in total. The fraction of sp³-hybridized carbons (Fsp3) is 0.778. The second-order valence-corrected chi connectivity index (χ2v) is 5.49. The van der Waals surface area contributed by atoms with Crippen LogP contribution in [-0.4, -0.2) is 14.6 Å². The van der Waals surface area contributed by atoms with Crippen molar-refractivity contribution < 1.29 is 4.80 Å². The number of hydrogen-bond acceptors (Lipinski definition) is 1. The standard InChI is InChI=1S/C9H16OSi/c1-2-7-3-6-4-8(7)9(5-6)11-10/h2,6-10H,1,3-5,11H2. The van der Waals surface area contributed by atoms with Crippen molar-refractivity contribution in [2.75, 3.05) is 0 Å². The van der Waals surface area contributed by atoms with E-state index >= 15 is 0 Å². The first-order valence-corrected chi connectivity index (χ1v) is 6.03. The smallest absolute Gasteiger partial charge is 0.160 e. The third-order valence-electron chi connectivity index (χ3n) is 3.54. The molecule has 11 heavy (non-hydrogen) atoms. The van der Waals surface area contributed by atoms with Gasteiger partial charge in [0, 0.05) is 0 Å². The van der Waals surface area contributed by atoms with Crippen molar-refractivity contribution in [1.82, 2.24) is 0 Å². The highest BCUT2D eigenvalue weighted by molar-refractivity contribution is 6.28. The second kappa shape index (κ2) is 2.76. The maximum atomic E-state index is 9.21. The Morgan fingerprint density at radius 1 is 1.36 bits per heavy atom. The second-order valence-electron chi connectivity index (χ2n) is 4.08. The van der Waals surface area contributed by atoms with Crippen LogP contribution in [0.5, 0.6) is 0 Å². The van der Waals surface area contributed by atoms with E-state index in [-0.39, 0.29) is 0 Å². The molecular weight excluding hydrogens is 152 g/mol. The van der Waals surface area contributed by atoms with Crippen molar-refractivity contribution in [2.45, 2.75) is 24.8 Å². The molecule has 0 aromatic carbocycles. The highest BCUT2D eigenvalue weighted by atomic mass is 28.2. The Kier molecular flexibility index (Phi) is 1.89. The third kappa shape index (κ3) is 1.09. The molecule has 2 heteroatoms. The van der Waals surface area contributed by atoms with Crippen LogP contribution in [0.1, 0.15) is 19.3 Å². The largest absolute Gasteiger partial charge is 0.438 e. The minimum atomic E-state index is -0.726. The van der Waals surface area contributed by atoms with Gasteiger partial charge in [0.2, 0.25) is 0 Å². The SMILES string of the molecule is C=CC1CC2CC([SiH2]O)C1C2. The van der Waals surface area contributed by atoms with Gasteiger partial charge in [-0.25, -0.2) is 0 Å². The van der Waals surface area contributed by atoms with Crippen LogP contribution >= 0.6 is 0 Å². The van der Waals surface area contributed by atoms with Gasteiger partial charge in [0.15, 0.2) is 9.76 Å². The first-order chi connectivity index (χ1) is 5.35. The topological polar surface area (TPSA) is 20.2 Å². The molecule has 2 aliphatic rings. The van der Waals surface area contributed by atoms with E-state index in [1.807, 2.05) is 0 Å². The first-order valence-electron chi connectivity index (χ1n) is 4.58. The molecule has 0 aliphatic heterocycles. The predicted molar refractivity (Wildman–Crippen MR) is 49.0 cm³/mol. The molecule has 1 N–H and O–H groups in total. The van der Waals surface area contributed by atoms with E-state index < -0.39 is 9.76 Å². The maximum absolute atomic E-state index is 9.21. The summed E-state index contributed by atoms with van der Waals surface area (Å²) >= 11 is 0. The lowest BCUT2D eigenvalue weighted by Crippen LogP contribution is -2.18. The van der Waals surface area contributed by atoms with Crippen LogP contribution in [0.15, 0.2) is 12.7 Å². The number of fused-ring (bicyclic) bond motifs is 2. The minimum Gasteiger partial charge on any atom is -0.438 e. The summed E-state index contributed by atoms with van der Waals surface area (Å²) in [6.45, 7) is 3.86. The van der Waals surface area contributed by atoms with E-state index in [0.29, 0.717) is 0 Å². The van der Waals surface area contributed by atoms with E-state index in [4.69, 9.17) is 0 Å². The summed E-state index contributed by atoms with van der Waals surface area (Å²) in [5.41, 5.74) is 0.733. The number of allylic oxidation sites excluding steroid dienone is 1. The van der Waals surface area contributed by atoms with Crippen molar-refractivity contribution in [2.24, 2.45) is 17.8 Å². The summed E-state index contributed by atoms with van der Waals surface area (Å²) in [5.74, 6) is 2.51. The van der Waals surface area contributed by atoms with E-state index in [1.54, 1.807) is 0 Å². The molecule has 2 saturated carbocycles. The summed E-state index contributed by atoms with van der Waals surface area (Å²) in [4.78, 5) is 9.21. The predicted octanol–water partition coefficient (Wildman–Crippen LogP) is 1.08. The van der Waals surface area contributed by atoms with Crippen molar-refractivity contribution in [1.29, 1.82) is 0 Å².